The predicted octanol–water partition coefficient (Wildman–Crippen LogP) is 3.25. The Kier molecular flexibility index (Phi) is 2.72. The Hall–Kier alpha value is -1.37. The molecule has 1 aliphatic carbocycles. The van der Waals surface area contributed by atoms with Crippen LogP contribution in [0.4, 0.5) is 0 Å². The lowest BCUT2D eigenvalue weighted by atomic mass is 9.75. The van der Waals surface area contributed by atoms with E-state index in [4.69, 9.17) is 0 Å². The van der Waals surface area contributed by atoms with Gasteiger partial charge in [-0.25, -0.2) is 0 Å². The molecule has 0 spiro atoms. The molecule has 0 N–H and O–H groups in total. The Bertz CT molecular complexity index is 358. The van der Waals surface area contributed by atoms with Crippen LogP contribution in [0.3, 0.4) is 0 Å². The molecule has 0 aliphatic heterocycles. The summed E-state index contributed by atoms with van der Waals surface area (Å²) in [4.78, 5) is 12.0. The molecule has 1 heteroatoms. The molecule has 0 radical (unpaired) electrons. The largest absolute Gasteiger partial charge is 0.294 e. The van der Waals surface area contributed by atoms with Crippen LogP contribution in [0.15, 0.2) is 43.0 Å². The van der Waals surface area contributed by atoms with E-state index < -0.39 is 0 Å². The molecule has 78 valence electrons. The second kappa shape index (κ2) is 4.01. The second-order valence-electron chi connectivity index (χ2n) is 4.22. The van der Waals surface area contributed by atoms with Crippen molar-refractivity contribution in [2.45, 2.75) is 31.1 Å². The van der Waals surface area contributed by atoms with Crippen LogP contribution in [0.1, 0.15) is 31.2 Å². The zero-order valence-electron chi connectivity index (χ0n) is 8.91. The summed E-state index contributed by atoms with van der Waals surface area (Å²) in [5.74, 6) is 0.186. The molecule has 0 heterocycles. The van der Waals surface area contributed by atoms with Crippen molar-refractivity contribution < 1.29 is 4.79 Å². The zero-order valence-corrected chi connectivity index (χ0v) is 8.91. The van der Waals surface area contributed by atoms with Crippen LogP contribution in [0.25, 0.3) is 0 Å². The summed E-state index contributed by atoms with van der Waals surface area (Å²) < 4.78 is 0. The van der Waals surface area contributed by atoms with Crippen molar-refractivity contribution in [3.63, 3.8) is 0 Å². The smallest absolute Gasteiger partial charge is 0.165 e. The highest BCUT2D eigenvalue weighted by Crippen LogP contribution is 2.41. The molecule has 1 aliphatic rings. The summed E-state index contributed by atoms with van der Waals surface area (Å²) >= 11 is 0. The number of ketones is 1. The van der Waals surface area contributed by atoms with Crippen molar-refractivity contribution in [1.29, 1.82) is 0 Å². The molecule has 1 saturated carbocycles. The minimum absolute atomic E-state index is 0.186. The van der Waals surface area contributed by atoms with Gasteiger partial charge < -0.3 is 0 Å². The third-order valence-corrected chi connectivity index (χ3v) is 3.44. The molecule has 1 fully saturated rings. The quantitative estimate of drug-likeness (QED) is 0.684. The molecule has 15 heavy (non-hydrogen) atoms. The van der Waals surface area contributed by atoms with E-state index in [1.54, 1.807) is 0 Å². The number of hydrogen-bond acceptors (Lipinski definition) is 1. The van der Waals surface area contributed by atoms with Gasteiger partial charge in [0, 0.05) is 0 Å². The molecule has 0 saturated heterocycles. The molecular weight excluding hydrogens is 184 g/mol. The van der Waals surface area contributed by atoms with E-state index >= 15 is 0 Å². The minimum Gasteiger partial charge on any atom is -0.294 e. The lowest BCUT2D eigenvalue weighted by Crippen LogP contribution is -2.31. The Morgan fingerprint density at radius 2 is 1.80 bits per heavy atom. The predicted molar refractivity (Wildman–Crippen MR) is 61.8 cm³/mol. The fraction of sp³-hybridized carbons (Fsp3) is 0.357. The average molecular weight is 200 g/mol. The topological polar surface area (TPSA) is 17.1 Å². The number of rotatable bonds is 3. The highest BCUT2D eigenvalue weighted by Gasteiger charge is 2.40. The molecule has 0 bridgehead atoms. The maximum atomic E-state index is 12.0. The normalized spacial score (nSPS) is 18.7. The van der Waals surface area contributed by atoms with E-state index in [1.807, 2.05) is 18.2 Å². The highest BCUT2D eigenvalue weighted by molar-refractivity contribution is 5.98. The van der Waals surface area contributed by atoms with E-state index in [0.29, 0.717) is 0 Å². The SMILES string of the molecule is C=CC(=O)C1(c2ccccc2)CCCC1. The fourth-order valence-corrected chi connectivity index (χ4v) is 2.61. The first-order valence-corrected chi connectivity index (χ1v) is 5.52. The van der Waals surface area contributed by atoms with Crippen molar-refractivity contribution in [2.24, 2.45) is 0 Å². The van der Waals surface area contributed by atoms with Gasteiger partial charge in [0.25, 0.3) is 0 Å². The first kappa shape index (κ1) is 10.2. The number of carbonyl (C=O) groups excluding carboxylic acids is 1. The summed E-state index contributed by atoms with van der Waals surface area (Å²) in [5, 5.41) is 0. The first-order valence-electron chi connectivity index (χ1n) is 5.52. The van der Waals surface area contributed by atoms with Crippen molar-refractivity contribution in [3.8, 4) is 0 Å². The van der Waals surface area contributed by atoms with E-state index in [0.717, 1.165) is 31.2 Å². The molecule has 1 aromatic carbocycles. The van der Waals surface area contributed by atoms with Gasteiger partial charge in [0.2, 0.25) is 0 Å². The zero-order chi connectivity index (χ0) is 10.7. The van der Waals surface area contributed by atoms with Gasteiger partial charge in [-0.1, -0.05) is 49.8 Å². The third-order valence-electron chi connectivity index (χ3n) is 3.44. The van der Waals surface area contributed by atoms with Gasteiger partial charge in [0.05, 0.1) is 5.41 Å². The van der Waals surface area contributed by atoms with Gasteiger partial charge in [-0.15, -0.1) is 0 Å². The molecular formula is C14H16O. The van der Waals surface area contributed by atoms with Crippen LogP contribution in [0, 0.1) is 0 Å². The minimum atomic E-state index is -0.261. The number of hydrogen-bond donors (Lipinski definition) is 0. The molecule has 0 unspecified atom stereocenters. The first-order chi connectivity index (χ1) is 7.29. The number of carbonyl (C=O) groups is 1. The van der Waals surface area contributed by atoms with Gasteiger partial charge in [0.15, 0.2) is 5.78 Å². The third kappa shape index (κ3) is 1.63. The van der Waals surface area contributed by atoms with Gasteiger partial charge in [-0.3, -0.25) is 4.79 Å². The fourth-order valence-electron chi connectivity index (χ4n) is 2.61. The maximum absolute atomic E-state index is 12.0. The maximum Gasteiger partial charge on any atom is 0.165 e. The van der Waals surface area contributed by atoms with Crippen molar-refractivity contribution in [1.82, 2.24) is 0 Å². The Balaban J connectivity index is 2.43. The summed E-state index contributed by atoms with van der Waals surface area (Å²) in [6, 6.07) is 10.1. The van der Waals surface area contributed by atoms with E-state index in [2.05, 4.69) is 18.7 Å². The van der Waals surface area contributed by atoms with Crippen LogP contribution in [-0.4, -0.2) is 5.78 Å². The molecule has 0 amide bonds. The van der Waals surface area contributed by atoms with Gasteiger partial charge >= 0.3 is 0 Å². The molecule has 2 rings (SSSR count). The standard InChI is InChI=1S/C14H16O/c1-2-13(15)14(10-6-7-11-14)12-8-4-3-5-9-12/h2-5,8-9H,1,6-7,10-11H2. The Labute approximate surface area is 90.8 Å². The summed E-state index contributed by atoms with van der Waals surface area (Å²) in [7, 11) is 0. The van der Waals surface area contributed by atoms with E-state index in [-0.39, 0.29) is 11.2 Å². The lowest BCUT2D eigenvalue weighted by molar-refractivity contribution is -0.119. The van der Waals surface area contributed by atoms with Crippen molar-refractivity contribution >= 4 is 5.78 Å². The van der Waals surface area contributed by atoms with E-state index in [9.17, 15) is 4.79 Å². The second-order valence-corrected chi connectivity index (χ2v) is 4.22. The van der Waals surface area contributed by atoms with Gasteiger partial charge in [-0.05, 0) is 24.5 Å². The number of benzene rings is 1. The van der Waals surface area contributed by atoms with Crippen LogP contribution >= 0.6 is 0 Å². The van der Waals surface area contributed by atoms with Crippen LogP contribution < -0.4 is 0 Å². The van der Waals surface area contributed by atoms with Gasteiger partial charge in [0.1, 0.15) is 0 Å². The monoisotopic (exact) mass is 200 g/mol. The van der Waals surface area contributed by atoms with E-state index in [1.165, 1.54) is 6.08 Å². The average Bonchev–Trinajstić information content (AvgIpc) is 2.79. The Morgan fingerprint density at radius 1 is 1.20 bits per heavy atom. The summed E-state index contributed by atoms with van der Waals surface area (Å²) in [6.45, 7) is 3.63. The number of allylic oxidation sites excluding steroid dienone is 1. The Morgan fingerprint density at radius 3 is 2.33 bits per heavy atom. The van der Waals surface area contributed by atoms with Gasteiger partial charge in [-0.2, -0.15) is 0 Å². The van der Waals surface area contributed by atoms with Crippen molar-refractivity contribution in [2.75, 3.05) is 0 Å². The lowest BCUT2D eigenvalue weighted by Gasteiger charge is -2.26. The molecule has 1 nitrogen and oxygen atoms in total. The summed E-state index contributed by atoms with van der Waals surface area (Å²) in [5.41, 5.74) is 0.899. The highest BCUT2D eigenvalue weighted by atomic mass is 16.1. The summed E-state index contributed by atoms with van der Waals surface area (Å²) in [6.07, 6.45) is 5.73. The van der Waals surface area contributed by atoms with Crippen LogP contribution in [0.5, 0.6) is 0 Å². The molecule has 0 aromatic heterocycles. The van der Waals surface area contributed by atoms with Crippen LogP contribution in [0.2, 0.25) is 0 Å². The van der Waals surface area contributed by atoms with Crippen LogP contribution in [-0.2, 0) is 10.2 Å². The molecule has 1 aromatic rings. The van der Waals surface area contributed by atoms with Crippen molar-refractivity contribution in [3.05, 3.63) is 48.6 Å². The molecule has 0 atom stereocenters.